The van der Waals surface area contributed by atoms with Crippen molar-refractivity contribution in [1.82, 2.24) is 5.16 Å². The summed E-state index contributed by atoms with van der Waals surface area (Å²) in [5.74, 6) is 1.43. The van der Waals surface area contributed by atoms with Crippen molar-refractivity contribution in [2.24, 2.45) is 0 Å². The van der Waals surface area contributed by atoms with Crippen LogP contribution in [0.5, 0.6) is 5.75 Å². The lowest BCUT2D eigenvalue weighted by molar-refractivity contribution is 0.414. The van der Waals surface area contributed by atoms with Gasteiger partial charge in [0.05, 0.1) is 7.11 Å². The van der Waals surface area contributed by atoms with Gasteiger partial charge in [-0.3, -0.25) is 0 Å². The summed E-state index contributed by atoms with van der Waals surface area (Å²) in [6, 6.07) is 7.27. The lowest BCUT2D eigenvalue weighted by atomic mass is 10.1. The summed E-state index contributed by atoms with van der Waals surface area (Å²) in [4.78, 5) is 0. The minimum Gasteiger partial charge on any atom is -0.497 e. The molecule has 0 amide bonds. The van der Waals surface area contributed by atoms with Crippen molar-refractivity contribution in [1.29, 1.82) is 0 Å². The molecule has 2 rings (SSSR count). The number of methoxy groups -OCH3 is 1. The normalized spacial score (nSPS) is 10.3. The Morgan fingerprint density at radius 3 is 2.47 bits per heavy atom. The Morgan fingerprint density at radius 1 is 1.33 bits per heavy atom. The maximum Gasteiger partial charge on any atom is 0.187 e. The average Bonchev–Trinajstić information content (AvgIpc) is 2.60. The highest BCUT2D eigenvalue weighted by Crippen LogP contribution is 2.32. The summed E-state index contributed by atoms with van der Waals surface area (Å²) in [5.41, 5.74) is 6.28. The number of ether oxygens (including phenoxy) is 1. The van der Waals surface area contributed by atoms with Crippen molar-refractivity contribution in [2.75, 3.05) is 12.8 Å². The molecule has 2 aromatic rings. The van der Waals surface area contributed by atoms with E-state index < -0.39 is 0 Å². The maximum atomic E-state index is 5.90. The smallest absolute Gasteiger partial charge is 0.187 e. The third-order valence-corrected chi connectivity index (χ3v) is 2.38. The van der Waals surface area contributed by atoms with Crippen molar-refractivity contribution in [3.63, 3.8) is 0 Å². The zero-order chi connectivity index (χ0) is 10.8. The largest absolute Gasteiger partial charge is 0.497 e. The third kappa shape index (κ3) is 1.76. The van der Waals surface area contributed by atoms with E-state index in [4.69, 9.17) is 26.6 Å². The van der Waals surface area contributed by atoms with Gasteiger partial charge in [-0.05, 0) is 24.3 Å². The summed E-state index contributed by atoms with van der Waals surface area (Å²) in [5, 5.41) is 3.91. The highest BCUT2D eigenvalue weighted by Gasteiger charge is 2.13. The van der Waals surface area contributed by atoms with Crippen LogP contribution in [0.3, 0.4) is 0 Å². The number of hydrogen-bond acceptors (Lipinski definition) is 4. The number of halogens is 1. The fourth-order valence-corrected chi connectivity index (χ4v) is 1.39. The molecule has 0 spiro atoms. The molecule has 2 N–H and O–H groups in total. The fourth-order valence-electron chi connectivity index (χ4n) is 1.21. The number of hydrogen-bond donors (Lipinski definition) is 1. The Morgan fingerprint density at radius 2 is 2.00 bits per heavy atom. The van der Waals surface area contributed by atoms with Gasteiger partial charge in [0.15, 0.2) is 11.6 Å². The first-order chi connectivity index (χ1) is 7.22. The second-order valence-electron chi connectivity index (χ2n) is 2.94. The van der Waals surface area contributed by atoms with E-state index in [1.807, 2.05) is 24.3 Å². The maximum absolute atomic E-state index is 5.90. The van der Waals surface area contributed by atoms with E-state index in [9.17, 15) is 0 Å². The van der Waals surface area contributed by atoms with Gasteiger partial charge in [0.2, 0.25) is 0 Å². The molecular formula is C10H9ClN2O2. The van der Waals surface area contributed by atoms with E-state index in [0.717, 1.165) is 11.3 Å². The van der Waals surface area contributed by atoms with Gasteiger partial charge in [0.1, 0.15) is 10.8 Å². The SMILES string of the molecule is COc1ccc(-c2onc(N)c2Cl)cc1. The van der Waals surface area contributed by atoms with Crippen molar-refractivity contribution in [2.45, 2.75) is 0 Å². The molecule has 4 nitrogen and oxygen atoms in total. The summed E-state index contributed by atoms with van der Waals surface area (Å²) in [7, 11) is 1.61. The van der Waals surface area contributed by atoms with Gasteiger partial charge in [0, 0.05) is 5.56 Å². The second kappa shape index (κ2) is 3.82. The van der Waals surface area contributed by atoms with Gasteiger partial charge >= 0.3 is 0 Å². The molecule has 0 radical (unpaired) electrons. The third-order valence-electron chi connectivity index (χ3n) is 2.01. The molecule has 0 atom stereocenters. The number of rotatable bonds is 2. The lowest BCUT2D eigenvalue weighted by Crippen LogP contribution is -1.84. The van der Waals surface area contributed by atoms with E-state index in [-0.39, 0.29) is 5.82 Å². The van der Waals surface area contributed by atoms with E-state index in [2.05, 4.69) is 5.16 Å². The summed E-state index contributed by atoms with van der Waals surface area (Å²) in [6.45, 7) is 0. The predicted molar refractivity (Wildman–Crippen MR) is 57.9 cm³/mol. The number of nitrogens with zero attached hydrogens (tertiary/aromatic N) is 1. The van der Waals surface area contributed by atoms with Crippen LogP contribution in [0.2, 0.25) is 5.02 Å². The van der Waals surface area contributed by atoms with Gasteiger partial charge in [0.25, 0.3) is 0 Å². The van der Waals surface area contributed by atoms with Crippen LogP contribution < -0.4 is 10.5 Å². The average molecular weight is 225 g/mol. The van der Waals surface area contributed by atoms with E-state index in [0.29, 0.717) is 10.8 Å². The van der Waals surface area contributed by atoms with Crippen LogP contribution in [0.4, 0.5) is 5.82 Å². The molecule has 0 aliphatic heterocycles. The van der Waals surface area contributed by atoms with Crippen molar-refractivity contribution >= 4 is 17.4 Å². The lowest BCUT2D eigenvalue weighted by Gasteiger charge is -2.00. The van der Waals surface area contributed by atoms with Crippen molar-refractivity contribution < 1.29 is 9.26 Å². The van der Waals surface area contributed by atoms with Crippen LogP contribution in [0.25, 0.3) is 11.3 Å². The van der Waals surface area contributed by atoms with Crippen LogP contribution in [-0.2, 0) is 0 Å². The number of nitrogen functional groups attached to an aromatic ring is 1. The minimum atomic E-state index is 0.197. The topological polar surface area (TPSA) is 61.3 Å². The molecule has 15 heavy (non-hydrogen) atoms. The Hall–Kier alpha value is -1.68. The predicted octanol–water partition coefficient (Wildman–Crippen LogP) is 2.59. The summed E-state index contributed by atoms with van der Waals surface area (Å²) >= 11 is 5.90. The Kier molecular flexibility index (Phi) is 2.51. The molecule has 1 aromatic carbocycles. The number of anilines is 1. The van der Waals surface area contributed by atoms with Crippen molar-refractivity contribution in [3.8, 4) is 17.1 Å². The molecule has 0 bridgehead atoms. The zero-order valence-corrected chi connectivity index (χ0v) is 8.78. The molecular weight excluding hydrogens is 216 g/mol. The van der Waals surface area contributed by atoms with Crippen molar-refractivity contribution in [3.05, 3.63) is 29.3 Å². The molecule has 0 saturated heterocycles. The molecule has 0 aliphatic rings. The highest BCUT2D eigenvalue weighted by atomic mass is 35.5. The molecule has 0 aliphatic carbocycles. The fraction of sp³-hybridized carbons (Fsp3) is 0.100. The van der Waals surface area contributed by atoms with Gasteiger partial charge in [-0.2, -0.15) is 0 Å². The minimum absolute atomic E-state index is 0.197. The quantitative estimate of drug-likeness (QED) is 0.852. The second-order valence-corrected chi connectivity index (χ2v) is 3.32. The van der Waals surface area contributed by atoms with Gasteiger partial charge in [-0.1, -0.05) is 16.8 Å². The molecule has 1 aromatic heterocycles. The number of benzene rings is 1. The molecule has 78 valence electrons. The standard InChI is InChI=1S/C10H9ClN2O2/c1-14-7-4-2-6(3-5-7)9-8(11)10(12)13-15-9/h2-5H,1H3,(H2,12,13). The molecule has 0 saturated carbocycles. The Labute approximate surface area is 91.6 Å². The Balaban J connectivity index is 2.41. The van der Waals surface area contributed by atoms with Crippen LogP contribution in [0.1, 0.15) is 0 Å². The van der Waals surface area contributed by atoms with E-state index in [1.54, 1.807) is 7.11 Å². The zero-order valence-electron chi connectivity index (χ0n) is 8.03. The Bertz CT molecular complexity index is 465. The molecule has 5 heteroatoms. The number of aromatic nitrogens is 1. The van der Waals surface area contributed by atoms with Crippen LogP contribution in [-0.4, -0.2) is 12.3 Å². The van der Waals surface area contributed by atoms with Gasteiger partial charge in [-0.25, -0.2) is 0 Å². The number of nitrogens with two attached hydrogens (primary N) is 1. The molecule has 0 unspecified atom stereocenters. The van der Waals surface area contributed by atoms with Gasteiger partial charge < -0.3 is 15.0 Å². The van der Waals surface area contributed by atoms with E-state index >= 15 is 0 Å². The van der Waals surface area contributed by atoms with E-state index in [1.165, 1.54) is 0 Å². The van der Waals surface area contributed by atoms with Crippen LogP contribution in [0.15, 0.2) is 28.8 Å². The van der Waals surface area contributed by atoms with Crippen LogP contribution >= 0.6 is 11.6 Å². The molecule has 0 fully saturated rings. The first kappa shape index (κ1) is 9.86. The first-order valence-corrected chi connectivity index (χ1v) is 4.65. The highest BCUT2D eigenvalue weighted by molar-refractivity contribution is 6.35. The summed E-state index contributed by atoms with van der Waals surface area (Å²) < 4.78 is 10.0. The van der Waals surface area contributed by atoms with Crippen LogP contribution in [0, 0.1) is 0 Å². The first-order valence-electron chi connectivity index (χ1n) is 4.27. The summed E-state index contributed by atoms with van der Waals surface area (Å²) in [6.07, 6.45) is 0. The molecule has 1 heterocycles. The monoisotopic (exact) mass is 224 g/mol. The van der Waals surface area contributed by atoms with Gasteiger partial charge in [-0.15, -0.1) is 0 Å².